The van der Waals surface area contributed by atoms with Crippen molar-refractivity contribution in [3.63, 3.8) is 0 Å². The fourth-order valence-corrected chi connectivity index (χ4v) is 2.70. The van der Waals surface area contributed by atoms with Crippen LogP contribution in [0.3, 0.4) is 0 Å². The summed E-state index contributed by atoms with van der Waals surface area (Å²) in [5, 5.41) is 17.7. The van der Waals surface area contributed by atoms with Gasteiger partial charge >= 0.3 is 5.97 Å². The van der Waals surface area contributed by atoms with Crippen molar-refractivity contribution in [1.29, 1.82) is 5.26 Å². The lowest BCUT2D eigenvalue weighted by molar-refractivity contribution is -0.136. The van der Waals surface area contributed by atoms with Crippen LogP contribution >= 0.6 is 11.3 Å². The average molecular weight is 327 g/mol. The number of carbonyl (C=O) groups is 2. The summed E-state index contributed by atoms with van der Waals surface area (Å²) in [5.74, 6) is -0.804. The average Bonchev–Trinajstić information content (AvgIpc) is 3.00. The van der Waals surface area contributed by atoms with Gasteiger partial charge in [0.1, 0.15) is 16.7 Å². The maximum Gasteiger partial charge on any atom is 0.307 e. The molecule has 5 nitrogen and oxygen atoms in total. The zero-order chi connectivity index (χ0) is 16.8. The lowest BCUT2D eigenvalue weighted by atomic mass is 10.0. The van der Waals surface area contributed by atoms with Gasteiger partial charge < -0.3 is 9.84 Å². The van der Waals surface area contributed by atoms with E-state index >= 15 is 0 Å². The molecule has 23 heavy (non-hydrogen) atoms. The molecule has 0 saturated carbocycles. The van der Waals surface area contributed by atoms with Gasteiger partial charge in [-0.05, 0) is 42.5 Å². The monoisotopic (exact) mass is 327 g/mol. The van der Waals surface area contributed by atoms with Crippen LogP contribution in [-0.2, 0) is 11.2 Å². The Morgan fingerprint density at radius 1 is 1.35 bits per heavy atom. The van der Waals surface area contributed by atoms with Gasteiger partial charge in [0.15, 0.2) is 5.78 Å². The molecule has 6 heteroatoms. The van der Waals surface area contributed by atoms with E-state index in [1.165, 1.54) is 30.6 Å². The molecule has 0 atom stereocenters. The molecule has 0 saturated heterocycles. The van der Waals surface area contributed by atoms with E-state index in [2.05, 4.69) is 0 Å². The van der Waals surface area contributed by atoms with Crippen LogP contribution < -0.4 is 4.74 Å². The Bertz CT molecular complexity index is 814. The molecule has 2 rings (SSSR count). The van der Waals surface area contributed by atoms with E-state index < -0.39 is 5.97 Å². The number of thiophene rings is 1. The summed E-state index contributed by atoms with van der Waals surface area (Å²) in [4.78, 5) is 24.5. The third-order valence-corrected chi connectivity index (χ3v) is 4.00. The lowest BCUT2D eigenvalue weighted by Crippen LogP contribution is -2.04. The largest absolute Gasteiger partial charge is 0.496 e. The molecule has 0 aliphatic rings. The van der Waals surface area contributed by atoms with Crippen LogP contribution in [0.4, 0.5) is 0 Å². The number of ketones is 1. The van der Waals surface area contributed by atoms with Gasteiger partial charge in [0.2, 0.25) is 0 Å². The van der Waals surface area contributed by atoms with Gasteiger partial charge in [-0.3, -0.25) is 9.59 Å². The first-order valence-electron chi connectivity index (χ1n) is 6.64. The van der Waals surface area contributed by atoms with Crippen LogP contribution in [0.25, 0.3) is 6.08 Å². The van der Waals surface area contributed by atoms with Crippen molar-refractivity contribution in [3.05, 3.63) is 57.3 Å². The van der Waals surface area contributed by atoms with Gasteiger partial charge in [-0.25, -0.2) is 0 Å². The topological polar surface area (TPSA) is 87.4 Å². The predicted molar refractivity (Wildman–Crippen MR) is 86.7 cm³/mol. The molecule has 0 amide bonds. The molecule has 0 unspecified atom stereocenters. The number of carboxylic acids is 1. The molecule has 0 aliphatic heterocycles. The fraction of sp³-hybridized carbons (Fsp3) is 0.118. The van der Waals surface area contributed by atoms with Crippen molar-refractivity contribution in [3.8, 4) is 11.8 Å². The second-order valence-corrected chi connectivity index (χ2v) is 5.72. The van der Waals surface area contributed by atoms with Gasteiger partial charge in [0.25, 0.3) is 0 Å². The van der Waals surface area contributed by atoms with Gasteiger partial charge in [-0.1, -0.05) is 0 Å². The van der Waals surface area contributed by atoms with Crippen LogP contribution in [0.5, 0.6) is 5.75 Å². The molecular weight excluding hydrogens is 314 g/mol. The zero-order valence-electron chi connectivity index (χ0n) is 12.3. The second-order valence-electron chi connectivity index (χ2n) is 4.61. The summed E-state index contributed by atoms with van der Waals surface area (Å²) in [6, 6.07) is 10.2. The van der Waals surface area contributed by atoms with Crippen molar-refractivity contribution < 1.29 is 19.4 Å². The number of allylic oxidation sites excluding steroid dienone is 1. The van der Waals surface area contributed by atoms with Crippen molar-refractivity contribution in [1.82, 2.24) is 0 Å². The molecule has 116 valence electrons. The van der Waals surface area contributed by atoms with Crippen LogP contribution in [0.1, 0.15) is 25.7 Å². The Kier molecular flexibility index (Phi) is 5.28. The van der Waals surface area contributed by atoms with Gasteiger partial charge in [0.05, 0.1) is 13.5 Å². The minimum absolute atomic E-state index is 0.218. The molecule has 0 fully saturated rings. The first-order chi connectivity index (χ1) is 11.0. The van der Waals surface area contributed by atoms with Crippen LogP contribution in [0, 0.1) is 11.3 Å². The summed E-state index contributed by atoms with van der Waals surface area (Å²) >= 11 is 1.29. The van der Waals surface area contributed by atoms with E-state index in [-0.39, 0.29) is 12.2 Å². The van der Waals surface area contributed by atoms with E-state index in [0.717, 1.165) is 4.88 Å². The highest BCUT2D eigenvalue weighted by molar-refractivity contribution is 7.13. The highest BCUT2D eigenvalue weighted by Crippen LogP contribution is 2.22. The van der Waals surface area contributed by atoms with E-state index in [1.807, 2.05) is 6.07 Å². The summed E-state index contributed by atoms with van der Waals surface area (Å²) in [5.41, 5.74) is 0.831. The summed E-state index contributed by atoms with van der Waals surface area (Å²) in [6.07, 6.45) is 2.82. The highest BCUT2D eigenvalue weighted by atomic mass is 32.1. The minimum Gasteiger partial charge on any atom is -0.496 e. The maximum absolute atomic E-state index is 12.2. The van der Waals surface area contributed by atoms with Crippen LogP contribution in [0.2, 0.25) is 0 Å². The smallest absolute Gasteiger partial charge is 0.307 e. The van der Waals surface area contributed by atoms with E-state index in [1.54, 1.807) is 30.3 Å². The Morgan fingerprint density at radius 3 is 2.74 bits per heavy atom. The number of nitriles is 1. The number of carboxylic acid groups (broad SMARTS) is 1. The number of ether oxygens (including phenoxy) is 1. The predicted octanol–water partition coefficient (Wildman–Crippen LogP) is 3.15. The molecule has 1 N–H and O–H groups in total. The molecule has 0 radical (unpaired) electrons. The number of benzene rings is 1. The second kappa shape index (κ2) is 7.38. The molecular formula is C17H13NO4S. The van der Waals surface area contributed by atoms with E-state index in [0.29, 0.717) is 21.8 Å². The van der Waals surface area contributed by atoms with E-state index in [9.17, 15) is 9.59 Å². The third kappa shape index (κ3) is 4.28. The van der Waals surface area contributed by atoms with Crippen LogP contribution in [0.15, 0.2) is 36.4 Å². The van der Waals surface area contributed by atoms with Crippen LogP contribution in [-0.4, -0.2) is 24.0 Å². The van der Waals surface area contributed by atoms with Crippen molar-refractivity contribution in [2.45, 2.75) is 6.42 Å². The SMILES string of the molecule is COc1ccc(C(=O)C=Cc2ccc(C#N)s2)cc1CC(=O)O. The molecule has 0 bridgehead atoms. The Balaban J connectivity index is 2.21. The Morgan fingerprint density at radius 2 is 2.13 bits per heavy atom. The standard InChI is InChI=1S/C17H13NO4S/c1-22-16-7-2-11(8-12(16)9-17(20)21)15(19)6-5-13-3-4-14(10-18)23-13/h2-8H,9H2,1H3,(H,20,21). The molecule has 0 aliphatic carbocycles. The number of carbonyl (C=O) groups excluding carboxylic acids is 1. The summed E-state index contributed by atoms with van der Waals surface area (Å²) in [7, 11) is 1.45. The minimum atomic E-state index is -0.994. The van der Waals surface area contributed by atoms with Gasteiger partial charge in [0, 0.05) is 16.0 Å². The lowest BCUT2D eigenvalue weighted by Gasteiger charge is -2.07. The Labute approximate surface area is 137 Å². The summed E-state index contributed by atoms with van der Waals surface area (Å²) in [6.45, 7) is 0. The molecule has 2 aromatic rings. The number of hydrogen-bond acceptors (Lipinski definition) is 5. The molecule has 1 heterocycles. The van der Waals surface area contributed by atoms with Crippen molar-refractivity contribution >= 4 is 29.2 Å². The normalized spacial score (nSPS) is 10.4. The van der Waals surface area contributed by atoms with Gasteiger partial charge in [-0.2, -0.15) is 5.26 Å². The third-order valence-electron chi connectivity index (χ3n) is 3.04. The number of rotatable bonds is 6. The molecule has 0 spiro atoms. The number of nitrogens with zero attached hydrogens (tertiary/aromatic N) is 1. The van der Waals surface area contributed by atoms with Crippen molar-refractivity contribution in [2.24, 2.45) is 0 Å². The highest BCUT2D eigenvalue weighted by Gasteiger charge is 2.11. The quantitative estimate of drug-likeness (QED) is 0.650. The van der Waals surface area contributed by atoms with E-state index in [4.69, 9.17) is 15.1 Å². The maximum atomic E-state index is 12.2. The first-order valence-corrected chi connectivity index (χ1v) is 7.46. The fourth-order valence-electron chi connectivity index (χ4n) is 1.99. The summed E-state index contributed by atoms with van der Waals surface area (Å²) < 4.78 is 5.10. The zero-order valence-corrected chi connectivity index (χ0v) is 13.1. The molecule has 1 aromatic carbocycles. The van der Waals surface area contributed by atoms with Gasteiger partial charge in [-0.15, -0.1) is 11.3 Å². The first kappa shape index (κ1) is 16.5. The molecule has 1 aromatic heterocycles. The number of hydrogen-bond donors (Lipinski definition) is 1. The Hall–Kier alpha value is -2.91. The number of aliphatic carboxylic acids is 1. The number of methoxy groups -OCH3 is 1. The van der Waals surface area contributed by atoms with Crippen molar-refractivity contribution in [2.75, 3.05) is 7.11 Å².